The highest BCUT2D eigenvalue weighted by molar-refractivity contribution is 9.09. The van der Waals surface area contributed by atoms with Gasteiger partial charge < -0.3 is 5.32 Å². The van der Waals surface area contributed by atoms with Gasteiger partial charge in [0.25, 0.3) is 0 Å². The van der Waals surface area contributed by atoms with Gasteiger partial charge in [0.1, 0.15) is 11.9 Å². The molecule has 1 rings (SSSR count). The van der Waals surface area contributed by atoms with Crippen molar-refractivity contribution >= 4 is 27.5 Å². The monoisotopic (exact) mass is 256 g/mol. The first kappa shape index (κ1) is 10.7. The first-order valence-electron chi connectivity index (χ1n) is 3.73. The molecule has 1 aromatic carbocycles. The van der Waals surface area contributed by atoms with Crippen LogP contribution in [0.5, 0.6) is 0 Å². The third kappa shape index (κ3) is 2.54. The number of carbonyl (C=O) groups is 1. The van der Waals surface area contributed by atoms with Crippen molar-refractivity contribution < 1.29 is 9.18 Å². The topological polar surface area (TPSA) is 52.9 Å². The second kappa shape index (κ2) is 4.72. The van der Waals surface area contributed by atoms with E-state index in [0.29, 0.717) is 5.69 Å². The van der Waals surface area contributed by atoms with Gasteiger partial charge >= 0.3 is 0 Å². The van der Waals surface area contributed by atoms with Crippen molar-refractivity contribution in [1.29, 1.82) is 5.26 Å². The maximum atomic E-state index is 12.7. The summed E-state index contributed by atoms with van der Waals surface area (Å²) in [7, 11) is 0. The smallest absolute Gasteiger partial charge is 0.235 e. The van der Waals surface area contributed by atoms with Crippen LogP contribution < -0.4 is 5.32 Å². The third-order valence-electron chi connectivity index (χ3n) is 1.50. The third-order valence-corrected chi connectivity index (χ3v) is 2.01. The summed E-state index contributed by atoms with van der Waals surface area (Å²) in [6, 6.07) is 5.41. The maximum Gasteiger partial charge on any atom is 0.235 e. The minimum atomic E-state index is -0.501. The molecule has 0 unspecified atom stereocenters. The Hall–Kier alpha value is -1.41. The highest BCUT2D eigenvalue weighted by Gasteiger charge is 2.06. The van der Waals surface area contributed by atoms with Gasteiger partial charge in [0.05, 0.1) is 16.6 Å². The van der Waals surface area contributed by atoms with Crippen molar-refractivity contribution in [3.05, 3.63) is 29.6 Å². The second-order valence-corrected chi connectivity index (χ2v) is 3.04. The quantitative estimate of drug-likeness (QED) is 0.824. The van der Waals surface area contributed by atoms with Gasteiger partial charge in [0.15, 0.2) is 0 Å². The number of nitrogens with one attached hydrogen (secondary N) is 1. The minimum Gasteiger partial charge on any atom is -0.324 e. The molecule has 1 N–H and O–H groups in total. The zero-order valence-electron chi connectivity index (χ0n) is 7.05. The van der Waals surface area contributed by atoms with Crippen LogP contribution in [0.4, 0.5) is 10.1 Å². The van der Waals surface area contributed by atoms with Crippen LogP contribution in [-0.4, -0.2) is 11.2 Å². The average molecular weight is 257 g/mol. The number of benzene rings is 1. The lowest BCUT2D eigenvalue weighted by molar-refractivity contribution is -0.113. The largest absolute Gasteiger partial charge is 0.324 e. The Bertz CT molecular complexity index is 400. The zero-order chi connectivity index (χ0) is 10.6. The molecule has 0 aliphatic heterocycles. The molecule has 3 nitrogen and oxygen atoms in total. The second-order valence-electron chi connectivity index (χ2n) is 2.48. The predicted octanol–water partition coefficient (Wildman–Crippen LogP) is 2.03. The van der Waals surface area contributed by atoms with Crippen LogP contribution >= 0.6 is 15.9 Å². The fourth-order valence-electron chi connectivity index (χ4n) is 0.902. The summed E-state index contributed by atoms with van der Waals surface area (Å²) in [6.07, 6.45) is 0. The van der Waals surface area contributed by atoms with Crippen molar-refractivity contribution in [1.82, 2.24) is 0 Å². The molecule has 0 aromatic heterocycles. The van der Waals surface area contributed by atoms with Crippen LogP contribution in [-0.2, 0) is 4.79 Å². The SMILES string of the molecule is N#Cc1cc(F)ccc1NC(=O)CBr. The van der Waals surface area contributed by atoms with Gasteiger partial charge in [0.2, 0.25) is 5.91 Å². The standard InChI is InChI=1S/C9H6BrFN2O/c10-4-9(14)13-8-2-1-7(11)3-6(8)5-12/h1-3H,4H2,(H,13,14). The van der Waals surface area contributed by atoms with Crippen molar-refractivity contribution in [3.8, 4) is 6.07 Å². The summed E-state index contributed by atoms with van der Waals surface area (Å²) in [5.41, 5.74) is 0.428. The molecule has 0 spiro atoms. The minimum absolute atomic E-state index is 0.110. The Kier molecular flexibility index (Phi) is 3.60. The fraction of sp³-hybridized carbons (Fsp3) is 0.111. The molecule has 0 bridgehead atoms. The van der Waals surface area contributed by atoms with Gasteiger partial charge in [-0.05, 0) is 18.2 Å². The summed E-state index contributed by atoms with van der Waals surface area (Å²) >= 11 is 2.96. The van der Waals surface area contributed by atoms with Gasteiger partial charge in [-0.15, -0.1) is 0 Å². The predicted molar refractivity (Wildman–Crippen MR) is 53.5 cm³/mol. The van der Waals surface area contributed by atoms with Crippen LogP contribution in [0.1, 0.15) is 5.56 Å². The lowest BCUT2D eigenvalue weighted by Gasteiger charge is -2.04. The average Bonchev–Trinajstić information content (AvgIpc) is 2.20. The molecule has 14 heavy (non-hydrogen) atoms. The lowest BCUT2D eigenvalue weighted by Crippen LogP contribution is -2.13. The molecule has 0 saturated heterocycles. The number of carbonyl (C=O) groups excluding carboxylic acids is 1. The number of hydrogen-bond acceptors (Lipinski definition) is 2. The molecule has 0 saturated carbocycles. The van der Waals surface area contributed by atoms with E-state index in [1.807, 2.05) is 0 Å². The highest BCUT2D eigenvalue weighted by Crippen LogP contribution is 2.15. The van der Waals surface area contributed by atoms with E-state index in [4.69, 9.17) is 5.26 Å². The molecule has 0 atom stereocenters. The normalized spacial score (nSPS) is 9.21. The fourth-order valence-corrected chi connectivity index (χ4v) is 1.04. The first-order chi connectivity index (χ1) is 6.67. The number of hydrogen-bond donors (Lipinski definition) is 1. The van der Waals surface area contributed by atoms with Crippen molar-refractivity contribution in [2.75, 3.05) is 10.6 Å². The molecule has 0 fully saturated rings. The highest BCUT2D eigenvalue weighted by atomic mass is 79.9. The summed E-state index contributed by atoms with van der Waals surface area (Å²) in [6.45, 7) is 0. The Balaban J connectivity index is 2.98. The molecule has 0 aliphatic rings. The number of anilines is 1. The summed E-state index contributed by atoms with van der Waals surface area (Å²) in [5.74, 6) is -0.786. The van der Waals surface area contributed by atoms with E-state index in [1.54, 1.807) is 6.07 Å². The van der Waals surface area contributed by atoms with E-state index < -0.39 is 5.82 Å². The summed E-state index contributed by atoms with van der Waals surface area (Å²) in [4.78, 5) is 11.0. The Morgan fingerprint density at radius 2 is 2.36 bits per heavy atom. The van der Waals surface area contributed by atoms with Crippen LogP contribution in [0.25, 0.3) is 0 Å². The van der Waals surface area contributed by atoms with Crippen molar-refractivity contribution in [2.24, 2.45) is 0 Å². The van der Waals surface area contributed by atoms with Gasteiger partial charge in [0, 0.05) is 0 Å². The number of halogens is 2. The Morgan fingerprint density at radius 1 is 1.64 bits per heavy atom. The van der Waals surface area contributed by atoms with E-state index in [0.717, 1.165) is 6.07 Å². The number of nitrogens with zero attached hydrogens (tertiary/aromatic N) is 1. The van der Waals surface area contributed by atoms with E-state index in [9.17, 15) is 9.18 Å². The van der Waals surface area contributed by atoms with Crippen LogP contribution in [0.3, 0.4) is 0 Å². The van der Waals surface area contributed by atoms with Gasteiger partial charge in [-0.2, -0.15) is 5.26 Å². The molecule has 0 heterocycles. The zero-order valence-corrected chi connectivity index (χ0v) is 8.64. The number of rotatable bonds is 2. The molecule has 5 heteroatoms. The number of nitriles is 1. The molecule has 72 valence electrons. The summed E-state index contributed by atoms with van der Waals surface area (Å²) in [5, 5.41) is 11.2. The first-order valence-corrected chi connectivity index (χ1v) is 4.85. The van der Waals surface area contributed by atoms with Crippen LogP contribution in [0, 0.1) is 17.1 Å². The van der Waals surface area contributed by atoms with Crippen molar-refractivity contribution in [3.63, 3.8) is 0 Å². The molecule has 0 radical (unpaired) electrons. The van der Waals surface area contributed by atoms with E-state index >= 15 is 0 Å². The maximum absolute atomic E-state index is 12.7. The molecule has 1 amide bonds. The van der Waals surface area contributed by atoms with E-state index in [2.05, 4.69) is 21.2 Å². The van der Waals surface area contributed by atoms with E-state index in [1.165, 1.54) is 12.1 Å². The van der Waals surface area contributed by atoms with Crippen molar-refractivity contribution in [2.45, 2.75) is 0 Å². The molecule has 0 aliphatic carbocycles. The molecule has 1 aromatic rings. The van der Waals surface area contributed by atoms with Crippen LogP contribution in [0.2, 0.25) is 0 Å². The lowest BCUT2D eigenvalue weighted by atomic mass is 10.2. The molecular weight excluding hydrogens is 251 g/mol. The molecular formula is C9H6BrFN2O. The van der Waals surface area contributed by atoms with E-state index in [-0.39, 0.29) is 16.8 Å². The van der Waals surface area contributed by atoms with Gasteiger partial charge in [-0.25, -0.2) is 4.39 Å². The van der Waals surface area contributed by atoms with Gasteiger partial charge in [-0.3, -0.25) is 4.79 Å². The number of alkyl halides is 1. The van der Waals surface area contributed by atoms with Gasteiger partial charge in [-0.1, -0.05) is 15.9 Å². The number of amides is 1. The Morgan fingerprint density at radius 3 is 2.93 bits per heavy atom. The summed E-state index contributed by atoms with van der Waals surface area (Å²) < 4.78 is 12.7. The Labute approximate surface area is 88.7 Å². The van der Waals surface area contributed by atoms with Crippen LogP contribution in [0.15, 0.2) is 18.2 Å².